The predicted octanol–water partition coefficient (Wildman–Crippen LogP) is 3.14. The minimum Gasteiger partial charge on any atom is -0.357 e. The van der Waals surface area contributed by atoms with Crippen LogP contribution in [-0.4, -0.2) is 36.6 Å². The van der Waals surface area contributed by atoms with Gasteiger partial charge in [-0.15, -0.1) is 12.4 Å². The Hall–Kier alpha value is -1.10. The number of hydrogen-bond acceptors (Lipinski definition) is 4. The fraction of sp³-hybridized carbons (Fsp3) is 0.467. The second-order valence-electron chi connectivity index (χ2n) is 5.42. The first-order valence-corrected chi connectivity index (χ1v) is 7.46. The number of benzene rings is 1. The monoisotopic (exact) mass is 326 g/mol. The number of anilines is 1. The van der Waals surface area contributed by atoms with Gasteiger partial charge in [0.25, 0.3) is 0 Å². The molecule has 1 aliphatic rings. The van der Waals surface area contributed by atoms with Crippen LogP contribution in [0.25, 0.3) is 11.0 Å². The van der Waals surface area contributed by atoms with Gasteiger partial charge in [0.05, 0.1) is 11.0 Å². The van der Waals surface area contributed by atoms with Crippen LogP contribution in [0.5, 0.6) is 0 Å². The number of halogens is 2. The summed E-state index contributed by atoms with van der Waals surface area (Å²) in [5.74, 6) is 1.43. The van der Waals surface area contributed by atoms with Crippen LogP contribution in [0.2, 0.25) is 5.15 Å². The molecule has 1 aromatic carbocycles. The molecule has 1 aromatic heterocycles. The molecule has 0 saturated carbocycles. The number of nitrogens with zero attached hydrogens (tertiary/aromatic N) is 3. The molecule has 1 atom stereocenters. The maximum Gasteiger partial charge on any atom is 0.172 e. The van der Waals surface area contributed by atoms with Crippen molar-refractivity contribution in [3.63, 3.8) is 0 Å². The van der Waals surface area contributed by atoms with Crippen molar-refractivity contribution in [1.29, 1.82) is 0 Å². The minimum absolute atomic E-state index is 0. The van der Waals surface area contributed by atoms with Gasteiger partial charge in [-0.2, -0.15) is 0 Å². The topological polar surface area (TPSA) is 41.0 Å². The number of aromatic nitrogens is 2. The van der Waals surface area contributed by atoms with E-state index in [2.05, 4.69) is 20.2 Å². The summed E-state index contributed by atoms with van der Waals surface area (Å²) in [6.07, 6.45) is 2.51. The zero-order valence-electron chi connectivity index (χ0n) is 12.1. The maximum atomic E-state index is 6.28. The summed E-state index contributed by atoms with van der Waals surface area (Å²) >= 11 is 6.28. The van der Waals surface area contributed by atoms with Crippen molar-refractivity contribution in [3.8, 4) is 0 Å². The van der Waals surface area contributed by atoms with Gasteiger partial charge in [-0.25, -0.2) is 9.97 Å². The van der Waals surface area contributed by atoms with Gasteiger partial charge in [-0.1, -0.05) is 23.7 Å². The van der Waals surface area contributed by atoms with Gasteiger partial charge >= 0.3 is 0 Å². The SMILES string of the molecule is CN(CC1CCCNC1)c1nc2ccccc2nc1Cl.Cl. The largest absolute Gasteiger partial charge is 0.357 e. The number of rotatable bonds is 3. The van der Waals surface area contributed by atoms with E-state index in [9.17, 15) is 0 Å². The van der Waals surface area contributed by atoms with Crippen LogP contribution in [0.15, 0.2) is 24.3 Å². The lowest BCUT2D eigenvalue weighted by Gasteiger charge is -2.28. The maximum absolute atomic E-state index is 6.28. The molecule has 2 aromatic rings. The molecule has 3 rings (SSSR count). The zero-order valence-corrected chi connectivity index (χ0v) is 13.6. The Bertz CT molecular complexity index is 599. The van der Waals surface area contributed by atoms with E-state index in [4.69, 9.17) is 11.6 Å². The first-order valence-electron chi connectivity index (χ1n) is 7.08. The molecule has 1 N–H and O–H groups in total. The van der Waals surface area contributed by atoms with E-state index < -0.39 is 0 Å². The smallest absolute Gasteiger partial charge is 0.172 e. The molecule has 1 unspecified atom stereocenters. The van der Waals surface area contributed by atoms with E-state index in [1.165, 1.54) is 12.8 Å². The summed E-state index contributed by atoms with van der Waals surface area (Å²) < 4.78 is 0. The van der Waals surface area contributed by atoms with Crippen molar-refractivity contribution >= 4 is 40.9 Å². The van der Waals surface area contributed by atoms with Crippen LogP contribution >= 0.6 is 24.0 Å². The molecular weight excluding hydrogens is 307 g/mol. The summed E-state index contributed by atoms with van der Waals surface area (Å²) in [6, 6.07) is 7.82. The zero-order chi connectivity index (χ0) is 13.9. The standard InChI is InChI=1S/C15H19ClN4.ClH/c1-20(10-11-5-4-8-17-9-11)15-14(16)18-12-6-2-3-7-13(12)19-15;/h2-3,6-7,11,17H,4-5,8-10H2,1H3;1H. The lowest BCUT2D eigenvalue weighted by Crippen LogP contribution is -2.37. The second kappa shape index (κ2) is 7.25. The number of piperidine rings is 1. The predicted molar refractivity (Wildman–Crippen MR) is 90.7 cm³/mol. The Balaban J connectivity index is 0.00000161. The van der Waals surface area contributed by atoms with E-state index in [-0.39, 0.29) is 12.4 Å². The van der Waals surface area contributed by atoms with Gasteiger partial charge < -0.3 is 10.2 Å². The normalized spacial score (nSPS) is 18.3. The second-order valence-corrected chi connectivity index (χ2v) is 5.78. The molecule has 4 nitrogen and oxygen atoms in total. The van der Waals surface area contributed by atoms with Crippen molar-refractivity contribution in [2.24, 2.45) is 5.92 Å². The van der Waals surface area contributed by atoms with Crippen molar-refractivity contribution in [1.82, 2.24) is 15.3 Å². The summed E-state index contributed by atoms with van der Waals surface area (Å²) in [5, 5.41) is 3.92. The molecule has 0 amide bonds. The summed E-state index contributed by atoms with van der Waals surface area (Å²) in [7, 11) is 2.04. The molecular formula is C15H20Cl2N4. The number of hydrogen-bond donors (Lipinski definition) is 1. The van der Waals surface area contributed by atoms with Crippen molar-refractivity contribution in [2.45, 2.75) is 12.8 Å². The summed E-state index contributed by atoms with van der Waals surface area (Å²) in [5.41, 5.74) is 1.73. The average molecular weight is 327 g/mol. The van der Waals surface area contributed by atoms with E-state index >= 15 is 0 Å². The van der Waals surface area contributed by atoms with Gasteiger partial charge in [-0.05, 0) is 44.0 Å². The quantitative estimate of drug-likeness (QED) is 0.940. The third kappa shape index (κ3) is 3.76. The molecule has 21 heavy (non-hydrogen) atoms. The van der Waals surface area contributed by atoms with E-state index in [1.54, 1.807) is 0 Å². The number of nitrogens with one attached hydrogen (secondary N) is 1. The number of fused-ring (bicyclic) bond motifs is 1. The van der Waals surface area contributed by atoms with Crippen LogP contribution in [0.1, 0.15) is 12.8 Å². The summed E-state index contributed by atoms with van der Waals surface area (Å²) in [4.78, 5) is 11.2. The Morgan fingerprint density at radius 3 is 2.67 bits per heavy atom. The average Bonchev–Trinajstić information content (AvgIpc) is 2.47. The highest BCUT2D eigenvalue weighted by Crippen LogP contribution is 2.25. The van der Waals surface area contributed by atoms with Crippen LogP contribution in [-0.2, 0) is 0 Å². The van der Waals surface area contributed by atoms with Crippen LogP contribution in [0, 0.1) is 5.92 Å². The first-order chi connectivity index (χ1) is 9.74. The van der Waals surface area contributed by atoms with Crippen LogP contribution < -0.4 is 10.2 Å². The lowest BCUT2D eigenvalue weighted by atomic mass is 9.99. The highest BCUT2D eigenvalue weighted by atomic mass is 35.5. The summed E-state index contributed by atoms with van der Waals surface area (Å²) in [6.45, 7) is 3.17. The fourth-order valence-corrected chi connectivity index (χ4v) is 3.04. The molecule has 1 aliphatic heterocycles. The highest BCUT2D eigenvalue weighted by molar-refractivity contribution is 6.32. The van der Waals surface area contributed by atoms with Gasteiger partial charge in [0, 0.05) is 13.6 Å². The van der Waals surface area contributed by atoms with Crippen LogP contribution in [0.3, 0.4) is 0 Å². The Kier molecular flexibility index (Phi) is 5.62. The molecule has 0 spiro atoms. The molecule has 114 valence electrons. The third-order valence-corrected chi connectivity index (χ3v) is 4.06. The van der Waals surface area contributed by atoms with E-state index in [0.29, 0.717) is 11.1 Å². The van der Waals surface area contributed by atoms with E-state index in [1.807, 2.05) is 31.3 Å². The Morgan fingerprint density at radius 2 is 2.00 bits per heavy atom. The van der Waals surface area contributed by atoms with Crippen molar-refractivity contribution < 1.29 is 0 Å². The lowest BCUT2D eigenvalue weighted by molar-refractivity contribution is 0.380. The Morgan fingerprint density at radius 1 is 1.29 bits per heavy atom. The molecule has 1 saturated heterocycles. The van der Waals surface area contributed by atoms with Gasteiger partial charge in [0.1, 0.15) is 0 Å². The molecule has 0 aliphatic carbocycles. The molecule has 0 radical (unpaired) electrons. The molecule has 6 heteroatoms. The van der Waals surface area contributed by atoms with Gasteiger partial charge in [-0.3, -0.25) is 0 Å². The molecule has 1 fully saturated rings. The Labute approximate surface area is 136 Å². The minimum atomic E-state index is 0. The third-order valence-electron chi connectivity index (χ3n) is 3.80. The fourth-order valence-electron chi connectivity index (χ4n) is 2.77. The molecule has 2 heterocycles. The number of para-hydroxylation sites is 2. The van der Waals surface area contributed by atoms with Gasteiger partial charge in [0.2, 0.25) is 0 Å². The van der Waals surface area contributed by atoms with E-state index in [0.717, 1.165) is 36.5 Å². The van der Waals surface area contributed by atoms with Crippen molar-refractivity contribution in [2.75, 3.05) is 31.6 Å². The van der Waals surface area contributed by atoms with Crippen molar-refractivity contribution in [3.05, 3.63) is 29.4 Å². The molecule has 0 bridgehead atoms. The van der Waals surface area contributed by atoms with Crippen LogP contribution in [0.4, 0.5) is 5.82 Å². The van der Waals surface area contributed by atoms with Gasteiger partial charge in [0.15, 0.2) is 11.0 Å². The highest BCUT2D eigenvalue weighted by Gasteiger charge is 2.18. The first kappa shape index (κ1) is 16.3.